The van der Waals surface area contributed by atoms with Gasteiger partial charge in [-0.3, -0.25) is 4.79 Å². The third-order valence-corrected chi connectivity index (χ3v) is 17.9. The predicted molar refractivity (Wildman–Crippen MR) is 346 cm³/mol. The lowest BCUT2D eigenvalue weighted by Gasteiger charge is -2.22. The molecule has 0 aromatic carbocycles. The van der Waals surface area contributed by atoms with Gasteiger partial charge in [-0.05, 0) is 12.8 Å². The molecule has 0 bridgehead atoms. The summed E-state index contributed by atoms with van der Waals surface area (Å²) in [7, 11) is 0. The van der Waals surface area contributed by atoms with Crippen molar-refractivity contribution in [2.75, 3.05) is 6.61 Å². The minimum atomic E-state index is -0.656. The summed E-state index contributed by atoms with van der Waals surface area (Å²) in [6, 6.07) is -0.533. The van der Waals surface area contributed by atoms with Crippen molar-refractivity contribution in [2.45, 2.75) is 456 Å². The molecule has 0 aliphatic rings. The van der Waals surface area contributed by atoms with Crippen LogP contribution in [0.5, 0.6) is 0 Å². The first-order valence-corrected chi connectivity index (χ1v) is 36.7. The Bertz CT molecular complexity index is 1050. The molecule has 0 heterocycles. The number of amides is 1. The van der Waals surface area contributed by atoms with Gasteiger partial charge in [-0.1, -0.05) is 425 Å². The summed E-state index contributed by atoms with van der Waals surface area (Å²) in [5.41, 5.74) is 0. The number of nitrogens with one attached hydrogen (secondary N) is 1. The molecular weight excluding hydrogens is 939 g/mol. The molecule has 0 saturated heterocycles. The second-order valence-corrected chi connectivity index (χ2v) is 25.7. The molecule has 0 spiro atoms. The van der Waals surface area contributed by atoms with E-state index in [4.69, 9.17) is 0 Å². The molecule has 77 heavy (non-hydrogen) atoms. The van der Waals surface area contributed by atoms with Gasteiger partial charge in [0.25, 0.3) is 0 Å². The number of carbonyl (C=O) groups is 1. The molecule has 0 aliphatic carbocycles. The van der Waals surface area contributed by atoms with Crippen LogP contribution in [0.2, 0.25) is 0 Å². The average Bonchev–Trinajstić information content (AvgIpc) is 3.43. The van der Waals surface area contributed by atoms with Gasteiger partial charge in [0.15, 0.2) is 0 Å². The Morgan fingerprint density at radius 3 is 0.584 bits per heavy atom. The Balaban J connectivity index is 3.33. The molecule has 4 nitrogen and oxygen atoms in total. The smallest absolute Gasteiger partial charge is 0.220 e. The van der Waals surface area contributed by atoms with E-state index >= 15 is 0 Å². The fourth-order valence-corrected chi connectivity index (χ4v) is 12.3. The van der Waals surface area contributed by atoms with Crippen molar-refractivity contribution in [1.82, 2.24) is 5.32 Å². The molecule has 2 unspecified atom stereocenters. The second kappa shape index (κ2) is 69.7. The minimum Gasteiger partial charge on any atom is -0.394 e. The average molecular weight is 1090 g/mol. The lowest BCUT2D eigenvalue weighted by molar-refractivity contribution is -0.123. The molecule has 0 aliphatic heterocycles. The molecule has 3 N–H and O–H groups in total. The van der Waals surface area contributed by atoms with Crippen LogP contribution in [-0.4, -0.2) is 34.9 Å². The lowest BCUT2D eigenvalue weighted by Crippen LogP contribution is -2.45. The van der Waals surface area contributed by atoms with E-state index in [1.807, 2.05) is 0 Å². The van der Waals surface area contributed by atoms with Gasteiger partial charge >= 0.3 is 0 Å². The Hall–Kier alpha value is -0.610. The topological polar surface area (TPSA) is 69.6 Å². The maximum atomic E-state index is 12.6. The van der Waals surface area contributed by atoms with Crippen LogP contribution in [0, 0.1) is 0 Å². The molecule has 2 atom stereocenters. The molecule has 1 amide bonds. The number of carbonyl (C=O) groups excluding carboxylic acids is 1. The van der Waals surface area contributed by atoms with Crippen LogP contribution >= 0.6 is 0 Å². The minimum absolute atomic E-state index is 0.0189. The van der Waals surface area contributed by atoms with Gasteiger partial charge < -0.3 is 15.5 Å². The molecule has 0 radical (unpaired) electrons. The Morgan fingerprint density at radius 2 is 0.416 bits per heavy atom. The van der Waals surface area contributed by atoms with E-state index in [2.05, 4.69) is 19.2 Å². The third-order valence-electron chi connectivity index (χ3n) is 17.9. The van der Waals surface area contributed by atoms with Crippen molar-refractivity contribution in [3.63, 3.8) is 0 Å². The number of aliphatic hydroxyl groups excluding tert-OH is 2. The summed E-state index contributed by atoms with van der Waals surface area (Å²) in [6.45, 7) is 4.42. The maximum absolute atomic E-state index is 12.6. The second-order valence-electron chi connectivity index (χ2n) is 25.7. The quantitative estimate of drug-likeness (QED) is 0.0532. The zero-order valence-corrected chi connectivity index (χ0v) is 53.5. The summed E-state index contributed by atoms with van der Waals surface area (Å²) >= 11 is 0. The first-order valence-electron chi connectivity index (χ1n) is 36.7. The molecule has 0 aromatic heterocycles. The normalized spacial score (nSPS) is 12.5. The van der Waals surface area contributed by atoms with Crippen LogP contribution in [0.25, 0.3) is 0 Å². The lowest BCUT2D eigenvalue weighted by atomic mass is 10.0. The number of aliphatic hydroxyl groups is 2. The monoisotopic (exact) mass is 1090 g/mol. The molecular formula is C73H147NO3. The fourth-order valence-electron chi connectivity index (χ4n) is 12.3. The van der Waals surface area contributed by atoms with Gasteiger partial charge in [-0.25, -0.2) is 0 Å². The first kappa shape index (κ1) is 76.4. The number of rotatable bonds is 70. The van der Waals surface area contributed by atoms with Crippen LogP contribution in [0.3, 0.4) is 0 Å². The predicted octanol–water partition coefficient (Wildman–Crippen LogP) is 25.0. The Labute approximate surface area is 486 Å². The van der Waals surface area contributed by atoms with E-state index in [1.165, 1.54) is 392 Å². The Morgan fingerprint density at radius 1 is 0.260 bits per heavy atom. The van der Waals surface area contributed by atoms with Crippen LogP contribution in [0.1, 0.15) is 444 Å². The van der Waals surface area contributed by atoms with Gasteiger partial charge in [-0.15, -0.1) is 0 Å². The van der Waals surface area contributed by atoms with E-state index in [9.17, 15) is 15.0 Å². The van der Waals surface area contributed by atoms with Crippen LogP contribution in [-0.2, 0) is 4.79 Å². The van der Waals surface area contributed by atoms with Crippen molar-refractivity contribution >= 4 is 5.91 Å². The van der Waals surface area contributed by atoms with Gasteiger partial charge in [0.2, 0.25) is 5.91 Å². The highest BCUT2D eigenvalue weighted by atomic mass is 16.3. The van der Waals surface area contributed by atoms with Crippen molar-refractivity contribution in [2.24, 2.45) is 0 Å². The van der Waals surface area contributed by atoms with E-state index in [-0.39, 0.29) is 12.5 Å². The SMILES string of the molecule is CCCCCCCCCCCCCCCCCCCCCCCCCCCCCCCCCCCCCCCCCCC(=O)NC(CO)C(O)CCCCCCCCCCCCCCCCCCCCCCCCCCC. The van der Waals surface area contributed by atoms with Crippen LogP contribution in [0.15, 0.2) is 0 Å². The van der Waals surface area contributed by atoms with Gasteiger partial charge in [-0.2, -0.15) is 0 Å². The molecule has 0 rings (SSSR count). The third kappa shape index (κ3) is 66.1. The molecule has 0 aromatic rings. The highest BCUT2D eigenvalue weighted by molar-refractivity contribution is 5.76. The van der Waals surface area contributed by atoms with Crippen LogP contribution in [0.4, 0.5) is 0 Å². The number of hydrogen-bond donors (Lipinski definition) is 3. The van der Waals surface area contributed by atoms with Gasteiger partial charge in [0.1, 0.15) is 0 Å². The summed E-state index contributed by atoms with van der Waals surface area (Å²) in [4.78, 5) is 12.6. The van der Waals surface area contributed by atoms with Crippen LogP contribution < -0.4 is 5.32 Å². The Kier molecular flexibility index (Phi) is 69.1. The zero-order valence-electron chi connectivity index (χ0n) is 53.5. The van der Waals surface area contributed by atoms with E-state index < -0.39 is 12.1 Å². The summed E-state index contributed by atoms with van der Waals surface area (Å²) in [5, 5.41) is 23.5. The molecule has 0 fully saturated rings. The van der Waals surface area contributed by atoms with Crippen molar-refractivity contribution in [3.05, 3.63) is 0 Å². The standard InChI is InChI=1S/C73H147NO3/c1-3-5-7-9-11-13-15-17-19-21-23-25-27-29-30-31-32-33-34-35-36-37-38-39-40-41-42-43-45-47-49-51-53-55-57-59-61-63-65-67-69-73(77)74-71(70-75)72(76)68-66-64-62-60-58-56-54-52-50-48-46-44-28-26-24-22-20-18-16-14-12-10-8-6-4-2/h71-72,75-76H,3-70H2,1-2H3,(H,74,77). The van der Waals surface area contributed by atoms with Gasteiger partial charge in [0, 0.05) is 6.42 Å². The zero-order chi connectivity index (χ0) is 55.5. The summed E-state index contributed by atoms with van der Waals surface area (Å²) in [5.74, 6) is -0.0189. The number of hydrogen-bond acceptors (Lipinski definition) is 3. The van der Waals surface area contributed by atoms with E-state index in [0.717, 1.165) is 25.7 Å². The van der Waals surface area contributed by atoms with E-state index in [0.29, 0.717) is 12.8 Å². The summed E-state index contributed by atoms with van der Waals surface area (Å²) < 4.78 is 0. The largest absolute Gasteiger partial charge is 0.394 e. The van der Waals surface area contributed by atoms with Gasteiger partial charge in [0.05, 0.1) is 18.8 Å². The van der Waals surface area contributed by atoms with Crippen molar-refractivity contribution in [1.29, 1.82) is 0 Å². The summed E-state index contributed by atoms with van der Waals surface area (Å²) in [6.07, 6.45) is 91.9. The first-order chi connectivity index (χ1) is 38.2. The fraction of sp³-hybridized carbons (Fsp3) is 0.986. The van der Waals surface area contributed by atoms with Crippen molar-refractivity contribution < 1.29 is 15.0 Å². The number of unbranched alkanes of at least 4 members (excludes halogenated alkanes) is 63. The van der Waals surface area contributed by atoms with E-state index in [1.54, 1.807) is 0 Å². The molecule has 0 saturated carbocycles. The highest BCUT2D eigenvalue weighted by Gasteiger charge is 2.20. The highest BCUT2D eigenvalue weighted by Crippen LogP contribution is 2.20. The maximum Gasteiger partial charge on any atom is 0.220 e. The van der Waals surface area contributed by atoms with Crippen molar-refractivity contribution in [3.8, 4) is 0 Å². The molecule has 462 valence electrons. The molecule has 4 heteroatoms.